The molecule has 0 N–H and O–H groups in total. The van der Waals surface area contributed by atoms with Crippen molar-refractivity contribution < 1.29 is 4.79 Å². The van der Waals surface area contributed by atoms with E-state index >= 15 is 0 Å². The Kier molecular flexibility index (Phi) is 4.48. The number of fused-ring (bicyclic) bond motifs is 1. The molecule has 4 heteroatoms. The molecule has 1 amide bonds. The first-order chi connectivity index (χ1) is 12.8. The summed E-state index contributed by atoms with van der Waals surface area (Å²) in [6.07, 6.45) is 5.55. The summed E-state index contributed by atoms with van der Waals surface area (Å²) < 4.78 is 0. The van der Waals surface area contributed by atoms with Gasteiger partial charge in [0.1, 0.15) is 5.69 Å². The van der Waals surface area contributed by atoms with Crippen LogP contribution in [0.4, 0.5) is 0 Å². The summed E-state index contributed by atoms with van der Waals surface area (Å²) >= 11 is 0. The van der Waals surface area contributed by atoms with E-state index in [-0.39, 0.29) is 17.9 Å². The van der Waals surface area contributed by atoms with E-state index in [2.05, 4.69) is 65.4 Å². The second-order valence-corrected chi connectivity index (χ2v) is 6.67. The molecular formula is C22H21N3O. The smallest absolute Gasteiger partial charge is 0.274 e. The van der Waals surface area contributed by atoms with Gasteiger partial charge in [-0.25, -0.2) is 4.98 Å². The third-order valence-corrected chi connectivity index (χ3v) is 5.19. The molecule has 4 nitrogen and oxygen atoms in total. The summed E-state index contributed by atoms with van der Waals surface area (Å²) in [7, 11) is 0. The number of benzene rings is 2. The maximum atomic E-state index is 13.1. The van der Waals surface area contributed by atoms with Gasteiger partial charge in [0.05, 0.1) is 6.20 Å². The Balaban J connectivity index is 1.78. The molecule has 2 aromatic carbocycles. The second-order valence-electron chi connectivity index (χ2n) is 6.67. The van der Waals surface area contributed by atoms with Crippen LogP contribution in [0.2, 0.25) is 0 Å². The van der Waals surface area contributed by atoms with Gasteiger partial charge in [0, 0.05) is 30.9 Å². The quantitative estimate of drug-likeness (QED) is 0.713. The van der Waals surface area contributed by atoms with Crippen LogP contribution in [0.5, 0.6) is 0 Å². The number of rotatable bonds is 2. The van der Waals surface area contributed by atoms with Crippen LogP contribution in [0.3, 0.4) is 0 Å². The Bertz CT molecular complexity index is 896. The molecule has 3 aromatic rings. The van der Waals surface area contributed by atoms with E-state index < -0.39 is 0 Å². The van der Waals surface area contributed by atoms with E-state index in [4.69, 9.17) is 0 Å². The van der Waals surface area contributed by atoms with E-state index in [1.54, 1.807) is 18.6 Å². The number of hydrogen-bond donors (Lipinski definition) is 0. The van der Waals surface area contributed by atoms with Gasteiger partial charge in [0.15, 0.2) is 0 Å². The standard InChI is InChI=1S/C22H21N3O/c1-16-21(18-8-3-2-4-9-18)19-10-6-5-7-17(19)11-14-25(16)22(26)20-15-23-12-13-24-20/h2-10,12-13,15-16,21H,11,14H2,1H3/t16-,21-/m1/s1. The fraction of sp³-hybridized carbons (Fsp3) is 0.227. The SMILES string of the molecule is C[C@@H]1[C@H](c2ccccc2)c2ccccc2CCN1C(=O)c1cnccn1. The first kappa shape index (κ1) is 16.5. The maximum Gasteiger partial charge on any atom is 0.274 e. The second kappa shape index (κ2) is 7.08. The van der Waals surface area contributed by atoms with Crippen molar-refractivity contribution in [3.63, 3.8) is 0 Å². The van der Waals surface area contributed by atoms with E-state index in [9.17, 15) is 4.79 Å². The van der Waals surface area contributed by atoms with Crippen molar-refractivity contribution in [1.29, 1.82) is 0 Å². The number of carbonyl (C=O) groups excluding carboxylic acids is 1. The van der Waals surface area contributed by atoms with Crippen molar-refractivity contribution in [3.05, 3.63) is 95.6 Å². The Morgan fingerprint density at radius 3 is 2.58 bits per heavy atom. The molecule has 0 unspecified atom stereocenters. The topological polar surface area (TPSA) is 46.1 Å². The Labute approximate surface area is 153 Å². The van der Waals surface area contributed by atoms with Gasteiger partial charge in [-0.15, -0.1) is 0 Å². The first-order valence-electron chi connectivity index (χ1n) is 8.95. The maximum absolute atomic E-state index is 13.1. The number of carbonyl (C=O) groups is 1. The average Bonchev–Trinajstić information content (AvgIpc) is 2.85. The number of hydrogen-bond acceptors (Lipinski definition) is 3. The highest BCUT2D eigenvalue weighted by atomic mass is 16.2. The van der Waals surface area contributed by atoms with Crippen LogP contribution < -0.4 is 0 Å². The summed E-state index contributed by atoms with van der Waals surface area (Å²) in [6, 6.07) is 19.0. The lowest BCUT2D eigenvalue weighted by molar-refractivity contribution is 0.0681. The molecule has 1 aliphatic rings. The molecule has 2 atom stereocenters. The molecule has 0 saturated heterocycles. The number of amides is 1. The zero-order valence-corrected chi connectivity index (χ0v) is 14.7. The van der Waals surface area contributed by atoms with Gasteiger partial charge in [-0.3, -0.25) is 9.78 Å². The largest absolute Gasteiger partial charge is 0.333 e. The predicted molar refractivity (Wildman–Crippen MR) is 101 cm³/mol. The van der Waals surface area contributed by atoms with Gasteiger partial charge < -0.3 is 4.90 Å². The molecule has 1 aromatic heterocycles. The molecule has 0 spiro atoms. The van der Waals surface area contributed by atoms with Crippen molar-refractivity contribution in [2.24, 2.45) is 0 Å². The third-order valence-electron chi connectivity index (χ3n) is 5.19. The number of nitrogens with zero attached hydrogens (tertiary/aromatic N) is 3. The van der Waals surface area contributed by atoms with Crippen molar-refractivity contribution in [3.8, 4) is 0 Å². The molecule has 0 fully saturated rings. The fourth-order valence-electron chi connectivity index (χ4n) is 3.91. The van der Waals surface area contributed by atoms with E-state index in [0.29, 0.717) is 12.2 Å². The lowest BCUT2D eigenvalue weighted by atomic mass is 9.83. The van der Waals surface area contributed by atoms with E-state index in [1.165, 1.54) is 16.7 Å². The molecule has 0 bridgehead atoms. The molecule has 0 saturated carbocycles. The van der Waals surface area contributed by atoms with Crippen LogP contribution in [0.15, 0.2) is 73.2 Å². The monoisotopic (exact) mass is 343 g/mol. The van der Waals surface area contributed by atoms with E-state index in [1.807, 2.05) is 11.0 Å². The molecule has 2 heterocycles. The lowest BCUT2D eigenvalue weighted by Gasteiger charge is -2.33. The normalized spacial score (nSPS) is 19.5. The molecule has 4 rings (SSSR count). The number of aromatic nitrogens is 2. The molecule has 130 valence electrons. The van der Waals surface area contributed by atoms with Crippen LogP contribution in [-0.2, 0) is 6.42 Å². The molecular weight excluding hydrogens is 322 g/mol. The van der Waals surface area contributed by atoms with Crippen LogP contribution in [0.1, 0.15) is 40.0 Å². The van der Waals surface area contributed by atoms with Crippen LogP contribution in [0.25, 0.3) is 0 Å². The minimum atomic E-state index is -0.0562. The van der Waals surface area contributed by atoms with Crippen molar-refractivity contribution >= 4 is 5.91 Å². The van der Waals surface area contributed by atoms with E-state index in [0.717, 1.165) is 6.42 Å². The van der Waals surface area contributed by atoms with Crippen molar-refractivity contribution in [2.45, 2.75) is 25.3 Å². The summed E-state index contributed by atoms with van der Waals surface area (Å²) in [5, 5.41) is 0. The van der Waals surface area contributed by atoms with Gasteiger partial charge in [0.2, 0.25) is 0 Å². The van der Waals surface area contributed by atoms with Gasteiger partial charge in [-0.2, -0.15) is 0 Å². The third kappa shape index (κ3) is 2.99. The molecule has 0 aliphatic carbocycles. The van der Waals surface area contributed by atoms with Gasteiger partial charge >= 0.3 is 0 Å². The summed E-state index contributed by atoms with van der Waals surface area (Å²) in [5.41, 5.74) is 4.24. The van der Waals surface area contributed by atoms with Gasteiger partial charge in [-0.1, -0.05) is 54.6 Å². The summed E-state index contributed by atoms with van der Waals surface area (Å²) in [4.78, 5) is 23.3. The minimum absolute atomic E-state index is 0.0237. The Hall–Kier alpha value is -3.01. The highest BCUT2D eigenvalue weighted by molar-refractivity contribution is 5.92. The summed E-state index contributed by atoms with van der Waals surface area (Å²) in [6.45, 7) is 2.81. The predicted octanol–water partition coefficient (Wildman–Crippen LogP) is 3.70. The highest BCUT2D eigenvalue weighted by Crippen LogP contribution is 2.36. The van der Waals surface area contributed by atoms with Gasteiger partial charge in [-0.05, 0) is 30.0 Å². The lowest BCUT2D eigenvalue weighted by Crippen LogP contribution is -2.42. The zero-order valence-electron chi connectivity index (χ0n) is 14.7. The van der Waals surface area contributed by atoms with Gasteiger partial charge in [0.25, 0.3) is 5.91 Å². The highest BCUT2D eigenvalue weighted by Gasteiger charge is 2.34. The fourth-order valence-corrected chi connectivity index (χ4v) is 3.91. The van der Waals surface area contributed by atoms with Crippen LogP contribution in [-0.4, -0.2) is 33.4 Å². The average molecular weight is 343 g/mol. The van der Waals surface area contributed by atoms with Crippen molar-refractivity contribution in [1.82, 2.24) is 14.9 Å². The minimum Gasteiger partial charge on any atom is -0.333 e. The Morgan fingerprint density at radius 1 is 1.04 bits per heavy atom. The first-order valence-corrected chi connectivity index (χ1v) is 8.95. The Morgan fingerprint density at radius 2 is 1.81 bits per heavy atom. The molecule has 26 heavy (non-hydrogen) atoms. The zero-order chi connectivity index (χ0) is 17.9. The molecule has 0 radical (unpaired) electrons. The van der Waals surface area contributed by atoms with Crippen molar-refractivity contribution in [2.75, 3.05) is 6.54 Å². The molecule has 1 aliphatic heterocycles. The van der Waals surface area contributed by atoms with Crippen LogP contribution in [0, 0.1) is 0 Å². The summed E-state index contributed by atoms with van der Waals surface area (Å²) in [5.74, 6) is 0.0786. The van der Waals surface area contributed by atoms with Crippen LogP contribution >= 0.6 is 0 Å².